The van der Waals surface area contributed by atoms with Gasteiger partial charge in [0.2, 0.25) is 15.8 Å². The molecule has 2 heterocycles. The second-order valence-electron chi connectivity index (χ2n) is 5.85. The molecule has 1 aliphatic heterocycles. The van der Waals surface area contributed by atoms with Gasteiger partial charge < -0.3 is 9.26 Å². The van der Waals surface area contributed by atoms with Crippen molar-refractivity contribution in [3.63, 3.8) is 0 Å². The third kappa shape index (κ3) is 4.21. The molecular weight excluding hydrogens is 394 g/mol. The lowest BCUT2D eigenvalue weighted by molar-refractivity contribution is -0.159. The van der Waals surface area contributed by atoms with E-state index in [9.17, 15) is 26.0 Å². The maximum absolute atomic E-state index is 14.3. The SMILES string of the molecule is CCS(=O)(=O)N1CC[C@H](Oc2ccc(-c3noc(C(F)(F)F)n3)cc2F)C1. The fraction of sp³-hybridized carbons (Fsp3) is 0.467. The van der Waals surface area contributed by atoms with E-state index in [1.54, 1.807) is 0 Å². The Morgan fingerprint density at radius 3 is 2.70 bits per heavy atom. The van der Waals surface area contributed by atoms with Crippen LogP contribution in [0.15, 0.2) is 22.7 Å². The maximum atomic E-state index is 14.3. The second kappa shape index (κ2) is 7.08. The highest BCUT2D eigenvalue weighted by Crippen LogP contribution is 2.31. The van der Waals surface area contributed by atoms with Crippen molar-refractivity contribution < 1.29 is 35.2 Å². The summed E-state index contributed by atoms with van der Waals surface area (Å²) in [6.07, 6.45) is -4.91. The van der Waals surface area contributed by atoms with Crippen molar-refractivity contribution in [2.24, 2.45) is 0 Å². The van der Waals surface area contributed by atoms with Crippen LogP contribution in [-0.2, 0) is 16.2 Å². The molecule has 12 heteroatoms. The molecule has 1 saturated heterocycles. The van der Waals surface area contributed by atoms with Crippen LogP contribution in [0.4, 0.5) is 17.6 Å². The minimum atomic E-state index is -4.79. The van der Waals surface area contributed by atoms with Gasteiger partial charge in [0.15, 0.2) is 11.6 Å². The van der Waals surface area contributed by atoms with Crippen LogP contribution in [-0.4, -0.2) is 47.8 Å². The Morgan fingerprint density at radius 2 is 2.11 bits per heavy atom. The number of benzene rings is 1. The van der Waals surface area contributed by atoms with E-state index in [1.165, 1.54) is 23.4 Å². The van der Waals surface area contributed by atoms with Crippen LogP contribution in [0.5, 0.6) is 5.75 Å². The molecule has 0 unspecified atom stereocenters. The van der Waals surface area contributed by atoms with Gasteiger partial charge >= 0.3 is 12.1 Å². The molecule has 0 amide bonds. The van der Waals surface area contributed by atoms with E-state index in [-0.39, 0.29) is 30.2 Å². The first-order valence-electron chi connectivity index (χ1n) is 7.95. The third-order valence-electron chi connectivity index (χ3n) is 4.02. The molecule has 0 N–H and O–H groups in total. The third-order valence-corrected chi connectivity index (χ3v) is 5.87. The Morgan fingerprint density at radius 1 is 1.37 bits per heavy atom. The van der Waals surface area contributed by atoms with Crippen molar-refractivity contribution in [1.29, 1.82) is 0 Å². The van der Waals surface area contributed by atoms with Crippen LogP contribution >= 0.6 is 0 Å². The molecule has 0 radical (unpaired) electrons. The van der Waals surface area contributed by atoms with Gasteiger partial charge in [-0.3, -0.25) is 0 Å². The summed E-state index contributed by atoms with van der Waals surface area (Å²) in [5, 5.41) is 3.19. The smallest absolute Gasteiger partial charge is 0.471 e. The van der Waals surface area contributed by atoms with E-state index >= 15 is 0 Å². The highest BCUT2D eigenvalue weighted by Gasteiger charge is 2.38. The normalized spacial score (nSPS) is 18.8. The Kier molecular flexibility index (Phi) is 5.12. The number of hydrogen-bond acceptors (Lipinski definition) is 6. The number of halogens is 4. The van der Waals surface area contributed by atoms with Gasteiger partial charge in [-0.25, -0.2) is 12.8 Å². The number of rotatable bonds is 5. The Bertz CT molecular complexity index is 929. The van der Waals surface area contributed by atoms with E-state index in [0.717, 1.165) is 6.07 Å². The average Bonchev–Trinajstić information content (AvgIpc) is 3.26. The number of nitrogens with zero attached hydrogens (tertiary/aromatic N) is 3. The number of sulfonamides is 1. The summed E-state index contributed by atoms with van der Waals surface area (Å²) in [6, 6.07) is 3.44. The van der Waals surface area contributed by atoms with Gasteiger partial charge in [-0.05, 0) is 31.5 Å². The Hall–Kier alpha value is -2.21. The minimum absolute atomic E-state index is 0.0132. The number of alkyl halides is 3. The highest BCUT2D eigenvalue weighted by atomic mass is 32.2. The maximum Gasteiger partial charge on any atom is 0.471 e. The van der Waals surface area contributed by atoms with Gasteiger partial charge in [-0.1, -0.05) is 5.16 Å². The predicted molar refractivity (Wildman–Crippen MR) is 84.8 cm³/mol. The minimum Gasteiger partial charge on any atom is -0.486 e. The summed E-state index contributed by atoms with van der Waals surface area (Å²) in [5.74, 6) is -2.94. The largest absolute Gasteiger partial charge is 0.486 e. The molecule has 7 nitrogen and oxygen atoms in total. The first-order valence-corrected chi connectivity index (χ1v) is 9.56. The summed E-state index contributed by atoms with van der Waals surface area (Å²) in [6.45, 7) is 1.92. The van der Waals surface area contributed by atoms with E-state index < -0.39 is 39.8 Å². The number of aromatic nitrogens is 2. The number of ether oxygens (including phenoxy) is 1. The molecule has 1 atom stereocenters. The van der Waals surface area contributed by atoms with Gasteiger partial charge in [0.25, 0.3) is 0 Å². The lowest BCUT2D eigenvalue weighted by Gasteiger charge is -2.16. The molecule has 1 aromatic carbocycles. The van der Waals surface area contributed by atoms with E-state index in [2.05, 4.69) is 14.7 Å². The van der Waals surface area contributed by atoms with Crippen LogP contribution in [0.1, 0.15) is 19.2 Å². The summed E-state index contributed by atoms with van der Waals surface area (Å²) in [7, 11) is -3.35. The molecule has 1 fully saturated rings. The zero-order valence-corrected chi connectivity index (χ0v) is 14.8. The van der Waals surface area contributed by atoms with Crippen molar-refractivity contribution in [2.75, 3.05) is 18.8 Å². The molecule has 0 saturated carbocycles. The topological polar surface area (TPSA) is 85.5 Å². The van der Waals surface area contributed by atoms with Crippen molar-refractivity contribution >= 4 is 10.0 Å². The summed E-state index contributed by atoms with van der Waals surface area (Å²) < 4.78 is 86.3. The zero-order chi connectivity index (χ0) is 19.8. The molecule has 148 valence electrons. The lowest BCUT2D eigenvalue weighted by atomic mass is 10.2. The standard InChI is InChI=1S/C15H15F4N3O4S/c1-2-27(23,24)22-6-5-10(8-22)25-12-4-3-9(7-11(12)16)13-20-14(26-21-13)15(17,18)19/h3-4,7,10H,2,5-6,8H2,1H3/t10-/m0/s1. The number of hydrogen-bond donors (Lipinski definition) is 0. The summed E-state index contributed by atoms with van der Waals surface area (Å²) in [5.41, 5.74) is -0.0132. The van der Waals surface area contributed by atoms with Crippen molar-refractivity contribution in [2.45, 2.75) is 25.6 Å². The molecule has 1 aliphatic rings. The van der Waals surface area contributed by atoms with Crippen LogP contribution < -0.4 is 4.74 Å². The Labute approximate surface area is 152 Å². The second-order valence-corrected chi connectivity index (χ2v) is 8.11. The average molecular weight is 409 g/mol. The predicted octanol–water partition coefficient (Wildman–Crippen LogP) is 2.70. The van der Waals surface area contributed by atoms with Crippen LogP contribution in [0.2, 0.25) is 0 Å². The van der Waals surface area contributed by atoms with Crippen LogP contribution in [0, 0.1) is 5.82 Å². The quantitative estimate of drug-likeness (QED) is 0.706. The zero-order valence-electron chi connectivity index (χ0n) is 14.0. The van der Waals surface area contributed by atoms with Crippen LogP contribution in [0.3, 0.4) is 0 Å². The summed E-state index contributed by atoms with van der Waals surface area (Å²) >= 11 is 0. The van der Waals surface area contributed by atoms with Crippen LogP contribution in [0.25, 0.3) is 11.4 Å². The van der Waals surface area contributed by atoms with E-state index in [4.69, 9.17) is 4.74 Å². The highest BCUT2D eigenvalue weighted by molar-refractivity contribution is 7.89. The monoisotopic (exact) mass is 409 g/mol. The summed E-state index contributed by atoms with van der Waals surface area (Å²) in [4.78, 5) is 3.19. The van der Waals surface area contributed by atoms with Gasteiger partial charge in [0.05, 0.1) is 12.3 Å². The van der Waals surface area contributed by atoms with E-state index in [1.807, 2.05) is 0 Å². The molecule has 0 aliphatic carbocycles. The molecule has 0 spiro atoms. The molecule has 27 heavy (non-hydrogen) atoms. The molecule has 1 aromatic heterocycles. The first-order chi connectivity index (χ1) is 12.6. The lowest BCUT2D eigenvalue weighted by Crippen LogP contribution is -2.32. The molecule has 0 bridgehead atoms. The molecule has 3 rings (SSSR count). The van der Waals surface area contributed by atoms with Crippen molar-refractivity contribution in [3.8, 4) is 17.1 Å². The van der Waals surface area contributed by atoms with Gasteiger partial charge in [-0.2, -0.15) is 22.5 Å². The van der Waals surface area contributed by atoms with Gasteiger partial charge in [0.1, 0.15) is 6.10 Å². The van der Waals surface area contributed by atoms with Crippen molar-refractivity contribution in [3.05, 3.63) is 29.9 Å². The van der Waals surface area contributed by atoms with Crippen molar-refractivity contribution in [1.82, 2.24) is 14.4 Å². The van der Waals surface area contributed by atoms with Gasteiger partial charge in [-0.15, -0.1) is 0 Å². The molecule has 2 aromatic rings. The fourth-order valence-electron chi connectivity index (χ4n) is 2.60. The van der Waals surface area contributed by atoms with E-state index in [0.29, 0.717) is 6.42 Å². The van der Waals surface area contributed by atoms with Gasteiger partial charge in [0, 0.05) is 12.1 Å². The molecular formula is C15H15F4N3O4S. The first kappa shape index (κ1) is 19.5. The Balaban J connectivity index is 1.72. The fourth-order valence-corrected chi connectivity index (χ4v) is 3.74.